The molecule has 0 aromatic heterocycles. The molecule has 0 spiro atoms. The Bertz CT molecular complexity index is 673. The molecule has 19 heavy (non-hydrogen) atoms. The molecular formula is C13H5BrClF3O. The van der Waals surface area contributed by atoms with Crippen LogP contribution in [0.1, 0.15) is 15.9 Å². The summed E-state index contributed by atoms with van der Waals surface area (Å²) in [4.78, 5) is 12.0. The van der Waals surface area contributed by atoms with Gasteiger partial charge in [0.2, 0.25) is 0 Å². The van der Waals surface area contributed by atoms with Crippen molar-refractivity contribution in [3.63, 3.8) is 0 Å². The number of hydrogen-bond donors (Lipinski definition) is 0. The fourth-order valence-electron chi connectivity index (χ4n) is 1.52. The molecule has 0 amide bonds. The molecular weight excluding hydrogens is 344 g/mol. The lowest BCUT2D eigenvalue weighted by atomic mass is 10.0. The minimum atomic E-state index is -0.946. The molecule has 0 saturated heterocycles. The lowest BCUT2D eigenvalue weighted by Gasteiger charge is -2.05. The zero-order valence-corrected chi connectivity index (χ0v) is 11.5. The van der Waals surface area contributed by atoms with Crippen LogP contribution in [-0.4, -0.2) is 5.78 Å². The van der Waals surface area contributed by atoms with Gasteiger partial charge in [-0.3, -0.25) is 4.79 Å². The van der Waals surface area contributed by atoms with Gasteiger partial charge in [0.1, 0.15) is 17.5 Å². The summed E-state index contributed by atoms with van der Waals surface area (Å²) in [5.41, 5.74) is -0.910. The summed E-state index contributed by atoms with van der Waals surface area (Å²) in [7, 11) is 0. The van der Waals surface area contributed by atoms with Gasteiger partial charge in [-0.05, 0) is 46.3 Å². The van der Waals surface area contributed by atoms with Gasteiger partial charge in [-0.2, -0.15) is 0 Å². The van der Waals surface area contributed by atoms with E-state index in [1.807, 2.05) is 0 Å². The molecule has 0 aliphatic carbocycles. The highest BCUT2D eigenvalue weighted by Gasteiger charge is 2.20. The van der Waals surface area contributed by atoms with Crippen molar-refractivity contribution in [1.82, 2.24) is 0 Å². The van der Waals surface area contributed by atoms with Crippen LogP contribution in [0.2, 0.25) is 5.02 Å². The number of halogens is 5. The van der Waals surface area contributed by atoms with Crippen LogP contribution >= 0.6 is 27.5 Å². The fourth-order valence-corrected chi connectivity index (χ4v) is 1.99. The minimum Gasteiger partial charge on any atom is -0.288 e. The number of benzene rings is 2. The smallest absolute Gasteiger partial charge is 0.199 e. The van der Waals surface area contributed by atoms with Crippen LogP contribution in [0.3, 0.4) is 0 Å². The summed E-state index contributed by atoms with van der Waals surface area (Å²) >= 11 is 8.35. The number of carbonyl (C=O) groups is 1. The summed E-state index contributed by atoms with van der Waals surface area (Å²) in [6.45, 7) is 0. The van der Waals surface area contributed by atoms with Crippen LogP contribution in [0, 0.1) is 17.5 Å². The van der Waals surface area contributed by atoms with Gasteiger partial charge >= 0.3 is 0 Å². The van der Waals surface area contributed by atoms with Crippen LogP contribution in [0.15, 0.2) is 34.8 Å². The second kappa shape index (κ2) is 5.35. The molecule has 2 aromatic carbocycles. The Labute approximate surface area is 120 Å². The van der Waals surface area contributed by atoms with Gasteiger partial charge in [0.15, 0.2) is 5.78 Å². The van der Waals surface area contributed by atoms with Crippen molar-refractivity contribution in [3.8, 4) is 0 Å². The second-order valence-corrected chi connectivity index (χ2v) is 4.99. The highest BCUT2D eigenvalue weighted by atomic mass is 79.9. The lowest BCUT2D eigenvalue weighted by Crippen LogP contribution is -2.07. The monoisotopic (exact) mass is 348 g/mol. The normalized spacial score (nSPS) is 10.6. The zero-order chi connectivity index (χ0) is 14.2. The lowest BCUT2D eigenvalue weighted by molar-refractivity contribution is 0.103. The van der Waals surface area contributed by atoms with Gasteiger partial charge < -0.3 is 0 Å². The van der Waals surface area contributed by atoms with Crippen molar-refractivity contribution in [2.45, 2.75) is 0 Å². The van der Waals surface area contributed by atoms with Gasteiger partial charge in [0.25, 0.3) is 0 Å². The number of carbonyl (C=O) groups excluding carboxylic acids is 1. The standard InChI is InChI=1S/C13H5BrClF3O/c14-9-5-11(17)8(4-12(9)18)13(19)7-2-1-6(15)3-10(7)16/h1-5H. The third kappa shape index (κ3) is 2.82. The Balaban J connectivity index is 2.53. The van der Waals surface area contributed by atoms with E-state index in [2.05, 4.69) is 15.9 Å². The molecule has 0 N–H and O–H groups in total. The number of rotatable bonds is 2. The van der Waals surface area contributed by atoms with Gasteiger partial charge in [0.05, 0.1) is 15.6 Å². The maximum atomic E-state index is 13.6. The van der Waals surface area contributed by atoms with Crippen molar-refractivity contribution >= 4 is 33.3 Å². The SMILES string of the molecule is O=C(c1ccc(Cl)cc1F)c1cc(F)c(Br)cc1F. The Morgan fingerprint density at radius 1 is 0.947 bits per heavy atom. The van der Waals surface area contributed by atoms with Gasteiger partial charge in [-0.25, -0.2) is 13.2 Å². The van der Waals surface area contributed by atoms with E-state index in [1.165, 1.54) is 6.07 Å². The molecule has 0 aliphatic heterocycles. The number of ketones is 1. The average Bonchev–Trinajstić information content (AvgIpc) is 2.33. The Hall–Kier alpha value is -1.33. The first kappa shape index (κ1) is 14.1. The topological polar surface area (TPSA) is 17.1 Å². The quantitative estimate of drug-likeness (QED) is 0.565. The van der Waals surface area contributed by atoms with E-state index in [0.29, 0.717) is 0 Å². The van der Waals surface area contributed by atoms with Crippen LogP contribution in [0.25, 0.3) is 0 Å². The highest BCUT2D eigenvalue weighted by Crippen LogP contribution is 2.24. The molecule has 0 fully saturated rings. The van der Waals surface area contributed by atoms with E-state index in [-0.39, 0.29) is 15.1 Å². The molecule has 0 heterocycles. The third-order valence-electron chi connectivity index (χ3n) is 2.43. The molecule has 2 aromatic rings. The molecule has 0 atom stereocenters. The van der Waals surface area contributed by atoms with Crippen molar-refractivity contribution in [1.29, 1.82) is 0 Å². The van der Waals surface area contributed by atoms with E-state index >= 15 is 0 Å². The van der Waals surface area contributed by atoms with Gasteiger partial charge in [-0.1, -0.05) is 11.6 Å². The van der Waals surface area contributed by atoms with E-state index in [9.17, 15) is 18.0 Å². The molecule has 0 bridgehead atoms. The van der Waals surface area contributed by atoms with E-state index in [0.717, 1.165) is 24.3 Å². The predicted molar refractivity (Wildman–Crippen MR) is 68.9 cm³/mol. The Morgan fingerprint density at radius 2 is 1.58 bits per heavy atom. The van der Waals surface area contributed by atoms with Crippen molar-refractivity contribution < 1.29 is 18.0 Å². The highest BCUT2D eigenvalue weighted by molar-refractivity contribution is 9.10. The fraction of sp³-hybridized carbons (Fsp3) is 0. The molecule has 0 aliphatic rings. The van der Waals surface area contributed by atoms with Gasteiger partial charge in [-0.15, -0.1) is 0 Å². The van der Waals surface area contributed by atoms with Crippen LogP contribution in [0.5, 0.6) is 0 Å². The molecule has 2 rings (SSSR count). The Morgan fingerprint density at radius 3 is 2.21 bits per heavy atom. The minimum absolute atomic E-state index is 0.108. The molecule has 1 nitrogen and oxygen atoms in total. The summed E-state index contributed by atoms with van der Waals surface area (Å²) in [5.74, 6) is -3.58. The zero-order valence-electron chi connectivity index (χ0n) is 9.18. The van der Waals surface area contributed by atoms with Gasteiger partial charge in [0, 0.05) is 5.02 Å². The van der Waals surface area contributed by atoms with E-state index in [4.69, 9.17) is 11.6 Å². The predicted octanol–water partition coefficient (Wildman–Crippen LogP) is 4.75. The maximum Gasteiger partial charge on any atom is 0.199 e. The molecule has 0 saturated carbocycles. The molecule has 6 heteroatoms. The third-order valence-corrected chi connectivity index (χ3v) is 3.27. The van der Waals surface area contributed by atoms with E-state index < -0.39 is 28.8 Å². The first-order chi connectivity index (χ1) is 8.90. The van der Waals surface area contributed by atoms with Crippen LogP contribution in [0.4, 0.5) is 13.2 Å². The summed E-state index contributed by atoms with van der Waals surface area (Å²) < 4.78 is 40.4. The average molecular weight is 350 g/mol. The second-order valence-electron chi connectivity index (χ2n) is 3.70. The maximum absolute atomic E-state index is 13.6. The first-order valence-corrected chi connectivity index (χ1v) is 6.21. The largest absolute Gasteiger partial charge is 0.288 e. The summed E-state index contributed by atoms with van der Waals surface area (Å²) in [5, 5.41) is 0.108. The molecule has 98 valence electrons. The first-order valence-electron chi connectivity index (χ1n) is 5.04. The summed E-state index contributed by atoms with van der Waals surface area (Å²) in [6, 6.07) is 4.89. The van der Waals surface area contributed by atoms with Crippen molar-refractivity contribution in [3.05, 3.63) is 68.4 Å². The molecule has 0 radical (unpaired) electrons. The number of hydrogen-bond acceptors (Lipinski definition) is 1. The molecule has 0 unspecified atom stereocenters. The van der Waals surface area contributed by atoms with Crippen LogP contribution in [-0.2, 0) is 0 Å². The van der Waals surface area contributed by atoms with Crippen molar-refractivity contribution in [2.24, 2.45) is 0 Å². The van der Waals surface area contributed by atoms with E-state index in [1.54, 1.807) is 0 Å². The summed E-state index contributed by atoms with van der Waals surface area (Å²) in [6.07, 6.45) is 0. The Kier molecular flexibility index (Phi) is 3.96. The van der Waals surface area contributed by atoms with Crippen molar-refractivity contribution in [2.75, 3.05) is 0 Å². The van der Waals surface area contributed by atoms with Crippen LogP contribution < -0.4 is 0 Å².